The van der Waals surface area contributed by atoms with Crippen LogP contribution in [0.5, 0.6) is 0 Å². The average molecular weight is 311 g/mol. The van der Waals surface area contributed by atoms with Crippen molar-refractivity contribution in [2.24, 2.45) is 10.9 Å². The molecule has 106 valence electrons. The normalized spacial score (nSPS) is 11.7. The van der Waals surface area contributed by atoms with Crippen LogP contribution >= 0.6 is 22.9 Å². The van der Waals surface area contributed by atoms with Gasteiger partial charge in [0, 0.05) is 28.2 Å². The number of nitrogens with zero attached hydrogens (tertiary/aromatic N) is 3. The molecule has 1 heterocycles. The molecule has 7 heteroatoms. The third-order valence-electron chi connectivity index (χ3n) is 2.98. The topological polar surface area (TPSA) is 74.7 Å². The van der Waals surface area contributed by atoms with E-state index in [0.717, 1.165) is 11.4 Å². The molecule has 0 amide bonds. The number of hydrogen-bond acceptors (Lipinski definition) is 5. The number of oxime groups is 1. The fourth-order valence-electron chi connectivity index (χ4n) is 1.88. The number of thiazole rings is 1. The first kappa shape index (κ1) is 14.6. The second kappa shape index (κ2) is 6.11. The molecule has 0 spiro atoms. The molecule has 0 bridgehead atoms. The molecule has 3 N–H and O–H groups in total. The summed E-state index contributed by atoms with van der Waals surface area (Å²) in [4.78, 5) is 7.43. The second-order valence-electron chi connectivity index (χ2n) is 4.36. The van der Waals surface area contributed by atoms with Gasteiger partial charge in [-0.25, -0.2) is 4.98 Å². The molecule has 1 aromatic heterocycles. The largest absolute Gasteiger partial charge is 0.409 e. The third kappa shape index (κ3) is 3.02. The lowest BCUT2D eigenvalue weighted by Gasteiger charge is -2.22. The highest BCUT2D eigenvalue weighted by Gasteiger charge is 2.13. The Morgan fingerprint density at radius 3 is 2.90 bits per heavy atom. The van der Waals surface area contributed by atoms with Crippen LogP contribution in [0, 0.1) is 6.92 Å². The van der Waals surface area contributed by atoms with Crippen LogP contribution in [0.4, 0.5) is 5.69 Å². The highest BCUT2D eigenvalue weighted by atomic mass is 35.5. The summed E-state index contributed by atoms with van der Waals surface area (Å²) in [6.45, 7) is 2.68. The second-order valence-corrected chi connectivity index (χ2v) is 5.74. The molecular formula is C13H15ClN4OS. The zero-order valence-electron chi connectivity index (χ0n) is 11.2. The lowest BCUT2D eigenvalue weighted by molar-refractivity contribution is 0.318. The summed E-state index contributed by atoms with van der Waals surface area (Å²) in [6, 6.07) is 5.31. The van der Waals surface area contributed by atoms with Crippen LogP contribution in [0.25, 0.3) is 0 Å². The predicted molar refractivity (Wildman–Crippen MR) is 82.9 cm³/mol. The zero-order chi connectivity index (χ0) is 14.7. The summed E-state index contributed by atoms with van der Waals surface area (Å²) in [6.07, 6.45) is 0. The molecule has 0 aliphatic rings. The molecule has 0 atom stereocenters. The van der Waals surface area contributed by atoms with Gasteiger partial charge in [-0.3, -0.25) is 0 Å². The molecule has 2 aromatic rings. The number of nitrogens with two attached hydrogens (primary N) is 1. The molecular weight excluding hydrogens is 296 g/mol. The van der Waals surface area contributed by atoms with Crippen LogP contribution in [0.2, 0.25) is 5.02 Å². The summed E-state index contributed by atoms with van der Waals surface area (Å²) in [5, 5.41) is 12.5. The molecule has 0 aliphatic heterocycles. The summed E-state index contributed by atoms with van der Waals surface area (Å²) >= 11 is 7.58. The standard InChI is InChI=1S/C13H15ClN4OS/c1-8-12(20-7-16-8)6-18(2)11-4-3-9(14)5-10(11)13(15)17-19/h3-5,7,19H,6H2,1-2H3,(H2,15,17). The summed E-state index contributed by atoms with van der Waals surface area (Å²) in [5.41, 5.74) is 10.00. The number of amidine groups is 1. The lowest BCUT2D eigenvalue weighted by Crippen LogP contribution is -2.22. The van der Waals surface area contributed by atoms with E-state index in [1.165, 1.54) is 4.88 Å². The van der Waals surface area contributed by atoms with Crippen LogP contribution in [-0.2, 0) is 6.54 Å². The molecule has 0 radical (unpaired) electrons. The number of halogens is 1. The molecule has 5 nitrogen and oxygen atoms in total. The Balaban J connectivity index is 2.34. The van der Waals surface area contributed by atoms with E-state index in [4.69, 9.17) is 22.5 Å². The van der Waals surface area contributed by atoms with Crippen molar-refractivity contribution in [2.75, 3.05) is 11.9 Å². The van der Waals surface area contributed by atoms with E-state index in [0.29, 0.717) is 17.1 Å². The Hall–Kier alpha value is -1.79. The third-order valence-corrected chi connectivity index (χ3v) is 4.13. The highest BCUT2D eigenvalue weighted by molar-refractivity contribution is 7.09. The SMILES string of the molecule is Cc1ncsc1CN(C)c1ccc(Cl)cc1C(N)=NO. The number of hydrogen-bond donors (Lipinski definition) is 2. The van der Waals surface area contributed by atoms with E-state index < -0.39 is 0 Å². The van der Waals surface area contributed by atoms with Crippen molar-refractivity contribution < 1.29 is 5.21 Å². The van der Waals surface area contributed by atoms with Gasteiger partial charge < -0.3 is 15.8 Å². The van der Waals surface area contributed by atoms with Gasteiger partial charge in [-0.2, -0.15) is 0 Å². The molecule has 0 saturated heterocycles. The van der Waals surface area contributed by atoms with Gasteiger partial charge in [-0.05, 0) is 25.1 Å². The Morgan fingerprint density at radius 1 is 1.55 bits per heavy atom. The summed E-state index contributed by atoms with van der Waals surface area (Å²) < 4.78 is 0. The van der Waals surface area contributed by atoms with Crippen LogP contribution < -0.4 is 10.6 Å². The average Bonchev–Trinajstić information content (AvgIpc) is 2.83. The van der Waals surface area contributed by atoms with Gasteiger partial charge in [0.05, 0.1) is 17.7 Å². The van der Waals surface area contributed by atoms with Crippen molar-refractivity contribution in [2.45, 2.75) is 13.5 Å². The molecule has 0 fully saturated rings. The van der Waals surface area contributed by atoms with Crippen LogP contribution in [0.1, 0.15) is 16.1 Å². The van der Waals surface area contributed by atoms with E-state index in [9.17, 15) is 0 Å². The molecule has 0 saturated carbocycles. The monoisotopic (exact) mass is 310 g/mol. The van der Waals surface area contributed by atoms with Crippen LogP contribution in [0.15, 0.2) is 28.9 Å². The quantitative estimate of drug-likeness (QED) is 0.394. The molecule has 2 rings (SSSR count). The first-order valence-corrected chi connectivity index (χ1v) is 7.16. The van der Waals surface area contributed by atoms with E-state index in [1.807, 2.05) is 30.4 Å². The fraction of sp³-hybridized carbons (Fsp3) is 0.231. The van der Waals surface area contributed by atoms with E-state index in [2.05, 4.69) is 10.1 Å². The molecule has 20 heavy (non-hydrogen) atoms. The highest BCUT2D eigenvalue weighted by Crippen LogP contribution is 2.26. The van der Waals surface area contributed by atoms with Gasteiger partial charge in [-0.1, -0.05) is 16.8 Å². The van der Waals surface area contributed by atoms with Crippen molar-refractivity contribution in [1.29, 1.82) is 0 Å². The number of rotatable bonds is 4. The molecule has 0 unspecified atom stereocenters. The van der Waals surface area contributed by atoms with Crippen LogP contribution in [0.3, 0.4) is 0 Å². The maximum Gasteiger partial charge on any atom is 0.172 e. The van der Waals surface area contributed by atoms with Gasteiger partial charge in [0.25, 0.3) is 0 Å². The van der Waals surface area contributed by atoms with E-state index in [-0.39, 0.29) is 5.84 Å². The fourth-order valence-corrected chi connectivity index (χ4v) is 2.88. The Kier molecular flexibility index (Phi) is 4.46. The van der Waals surface area contributed by atoms with Crippen LogP contribution in [-0.4, -0.2) is 23.1 Å². The van der Waals surface area contributed by atoms with E-state index in [1.54, 1.807) is 23.5 Å². The van der Waals surface area contributed by atoms with Crippen molar-refractivity contribution in [3.8, 4) is 0 Å². The van der Waals surface area contributed by atoms with Gasteiger partial charge >= 0.3 is 0 Å². The first-order valence-electron chi connectivity index (χ1n) is 5.90. The van der Waals surface area contributed by atoms with Gasteiger partial charge in [0.2, 0.25) is 0 Å². The van der Waals surface area contributed by atoms with Gasteiger partial charge in [0.1, 0.15) is 0 Å². The predicted octanol–water partition coefficient (Wildman–Crippen LogP) is 2.84. The van der Waals surface area contributed by atoms with E-state index >= 15 is 0 Å². The maximum atomic E-state index is 8.88. The van der Waals surface area contributed by atoms with Gasteiger partial charge in [0.15, 0.2) is 5.84 Å². The molecule has 1 aromatic carbocycles. The summed E-state index contributed by atoms with van der Waals surface area (Å²) in [7, 11) is 1.94. The summed E-state index contributed by atoms with van der Waals surface area (Å²) in [5.74, 6) is 0.0374. The van der Waals surface area contributed by atoms with Gasteiger partial charge in [-0.15, -0.1) is 11.3 Å². The lowest BCUT2D eigenvalue weighted by atomic mass is 10.1. The minimum Gasteiger partial charge on any atom is -0.409 e. The first-order chi connectivity index (χ1) is 9.52. The minimum absolute atomic E-state index is 0.0374. The Morgan fingerprint density at radius 2 is 2.30 bits per heavy atom. The number of aromatic nitrogens is 1. The number of anilines is 1. The maximum absolute atomic E-state index is 8.88. The zero-order valence-corrected chi connectivity index (χ0v) is 12.7. The van der Waals surface area contributed by atoms with Crippen molar-refractivity contribution >= 4 is 34.5 Å². The number of benzene rings is 1. The molecule has 0 aliphatic carbocycles. The minimum atomic E-state index is 0.0374. The van der Waals surface area contributed by atoms with Crippen molar-refractivity contribution in [1.82, 2.24) is 4.98 Å². The smallest absolute Gasteiger partial charge is 0.172 e. The Bertz CT molecular complexity index is 641. The van der Waals surface area contributed by atoms with Crippen molar-refractivity contribution in [3.05, 3.63) is 44.9 Å². The Labute approximate surface area is 126 Å². The number of aryl methyl sites for hydroxylation is 1. The van der Waals surface area contributed by atoms with Crippen molar-refractivity contribution in [3.63, 3.8) is 0 Å².